The summed E-state index contributed by atoms with van der Waals surface area (Å²) in [6.07, 6.45) is 7.71. The van der Waals surface area contributed by atoms with Crippen molar-refractivity contribution in [3.05, 3.63) is 5.01 Å². The second kappa shape index (κ2) is 4.62. The third-order valence-corrected chi connectivity index (χ3v) is 3.52. The molecule has 1 aromatic rings. The van der Waals surface area contributed by atoms with Gasteiger partial charge in [-0.3, -0.25) is 9.69 Å². The molecular formula is C11H13N3OS. The van der Waals surface area contributed by atoms with E-state index < -0.39 is 0 Å². The first-order chi connectivity index (χ1) is 7.74. The molecule has 1 fully saturated rings. The number of carbonyl (C=O) groups is 1. The van der Waals surface area contributed by atoms with Gasteiger partial charge in [0.05, 0.1) is 0 Å². The van der Waals surface area contributed by atoms with Crippen molar-refractivity contribution in [1.29, 1.82) is 0 Å². The SMILES string of the molecule is C#CC1CC(=O)N(c2nnc(CCC)s2)C1. The van der Waals surface area contributed by atoms with Gasteiger partial charge in [-0.25, -0.2) is 0 Å². The normalized spacial score (nSPS) is 20.1. The Morgan fingerprint density at radius 3 is 3.06 bits per heavy atom. The van der Waals surface area contributed by atoms with Gasteiger partial charge in [-0.1, -0.05) is 18.3 Å². The quantitative estimate of drug-likeness (QED) is 0.745. The molecule has 16 heavy (non-hydrogen) atoms. The number of aromatic nitrogens is 2. The van der Waals surface area contributed by atoms with E-state index in [1.165, 1.54) is 11.3 Å². The molecule has 1 aliphatic heterocycles. The van der Waals surface area contributed by atoms with Crippen LogP contribution in [-0.2, 0) is 11.2 Å². The summed E-state index contributed by atoms with van der Waals surface area (Å²) < 4.78 is 0. The summed E-state index contributed by atoms with van der Waals surface area (Å²) >= 11 is 1.49. The van der Waals surface area contributed by atoms with Crippen molar-refractivity contribution in [2.45, 2.75) is 26.2 Å². The number of hydrogen-bond acceptors (Lipinski definition) is 4. The fourth-order valence-corrected chi connectivity index (χ4v) is 2.64. The smallest absolute Gasteiger partial charge is 0.230 e. The summed E-state index contributed by atoms with van der Waals surface area (Å²) in [5.41, 5.74) is 0. The van der Waals surface area contributed by atoms with Crippen molar-refractivity contribution in [1.82, 2.24) is 10.2 Å². The lowest BCUT2D eigenvalue weighted by molar-refractivity contribution is -0.117. The first-order valence-corrected chi connectivity index (χ1v) is 6.15. The standard InChI is InChI=1S/C11H13N3OS/c1-3-5-9-12-13-11(16-9)14-7-8(4-2)6-10(14)15/h2,8H,3,5-7H2,1H3. The Hall–Kier alpha value is -1.41. The summed E-state index contributed by atoms with van der Waals surface area (Å²) in [6, 6.07) is 0. The summed E-state index contributed by atoms with van der Waals surface area (Å²) in [6.45, 7) is 2.67. The van der Waals surface area contributed by atoms with Crippen LogP contribution in [0.3, 0.4) is 0 Å². The predicted molar refractivity (Wildman–Crippen MR) is 63.2 cm³/mol. The van der Waals surface area contributed by atoms with Crippen molar-refractivity contribution >= 4 is 22.4 Å². The minimum absolute atomic E-state index is 0.0195. The fraction of sp³-hybridized carbons (Fsp3) is 0.545. The van der Waals surface area contributed by atoms with Crippen LogP contribution in [0.1, 0.15) is 24.8 Å². The number of rotatable bonds is 3. The molecule has 0 aliphatic carbocycles. The van der Waals surface area contributed by atoms with Gasteiger partial charge in [0.25, 0.3) is 0 Å². The summed E-state index contributed by atoms with van der Waals surface area (Å²) in [5.74, 6) is 2.70. The Labute approximate surface area is 98.7 Å². The van der Waals surface area contributed by atoms with Crippen LogP contribution in [0, 0.1) is 18.3 Å². The highest BCUT2D eigenvalue weighted by Crippen LogP contribution is 2.27. The summed E-state index contributed by atoms with van der Waals surface area (Å²) in [5, 5.41) is 9.77. The molecule has 84 valence electrons. The Kier molecular flexibility index (Phi) is 3.20. The minimum Gasteiger partial charge on any atom is -0.285 e. The van der Waals surface area contributed by atoms with Crippen LogP contribution in [0.4, 0.5) is 5.13 Å². The number of amides is 1. The monoisotopic (exact) mass is 235 g/mol. The van der Waals surface area contributed by atoms with Crippen molar-refractivity contribution in [3.8, 4) is 12.3 Å². The van der Waals surface area contributed by atoms with Gasteiger partial charge in [0.1, 0.15) is 5.01 Å². The van der Waals surface area contributed by atoms with Gasteiger partial charge in [-0.15, -0.1) is 22.5 Å². The summed E-state index contributed by atoms with van der Waals surface area (Å²) in [7, 11) is 0. The highest BCUT2D eigenvalue weighted by atomic mass is 32.1. The molecule has 1 saturated heterocycles. The zero-order valence-electron chi connectivity index (χ0n) is 9.14. The lowest BCUT2D eigenvalue weighted by Crippen LogP contribution is -2.24. The molecule has 1 amide bonds. The van der Waals surface area contributed by atoms with Gasteiger partial charge < -0.3 is 0 Å². The molecule has 0 bridgehead atoms. The number of terminal acetylenes is 1. The van der Waals surface area contributed by atoms with E-state index in [1.807, 2.05) is 0 Å². The van der Waals surface area contributed by atoms with Crippen LogP contribution in [0.5, 0.6) is 0 Å². The number of hydrogen-bond donors (Lipinski definition) is 0. The Balaban J connectivity index is 2.12. The van der Waals surface area contributed by atoms with Gasteiger partial charge >= 0.3 is 0 Å². The second-order valence-electron chi connectivity index (χ2n) is 3.80. The zero-order valence-corrected chi connectivity index (χ0v) is 9.96. The molecule has 1 aromatic heterocycles. The first kappa shape index (κ1) is 11.1. The van der Waals surface area contributed by atoms with Gasteiger partial charge in [0.2, 0.25) is 11.0 Å². The van der Waals surface area contributed by atoms with Crippen molar-refractivity contribution < 1.29 is 4.79 Å². The molecule has 1 aliphatic rings. The second-order valence-corrected chi connectivity index (χ2v) is 4.84. The highest BCUT2D eigenvalue weighted by molar-refractivity contribution is 7.15. The van der Waals surface area contributed by atoms with Crippen LogP contribution in [0.15, 0.2) is 0 Å². The van der Waals surface area contributed by atoms with Gasteiger partial charge in [0, 0.05) is 25.3 Å². The zero-order chi connectivity index (χ0) is 11.5. The van der Waals surface area contributed by atoms with Crippen LogP contribution in [0.2, 0.25) is 0 Å². The number of aryl methyl sites for hydroxylation is 1. The van der Waals surface area contributed by atoms with E-state index in [2.05, 4.69) is 23.0 Å². The Morgan fingerprint density at radius 2 is 2.44 bits per heavy atom. The summed E-state index contributed by atoms with van der Waals surface area (Å²) in [4.78, 5) is 13.3. The van der Waals surface area contributed by atoms with Crippen LogP contribution >= 0.6 is 11.3 Å². The fourth-order valence-electron chi connectivity index (χ4n) is 1.67. The average Bonchev–Trinajstić information content (AvgIpc) is 2.85. The predicted octanol–water partition coefficient (Wildman–Crippen LogP) is 1.48. The van der Waals surface area contributed by atoms with Gasteiger partial charge in [0.15, 0.2) is 0 Å². The van der Waals surface area contributed by atoms with E-state index in [0.717, 1.165) is 17.8 Å². The van der Waals surface area contributed by atoms with E-state index in [0.29, 0.717) is 18.1 Å². The van der Waals surface area contributed by atoms with Gasteiger partial charge in [-0.05, 0) is 6.42 Å². The maximum absolute atomic E-state index is 11.7. The van der Waals surface area contributed by atoms with Crippen molar-refractivity contribution in [2.75, 3.05) is 11.4 Å². The van der Waals surface area contributed by atoms with E-state index in [-0.39, 0.29) is 11.8 Å². The maximum atomic E-state index is 11.7. The number of anilines is 1. The lowest BCUT2D eigenvalue weighted by atomic mass is 10.1. The van der Waals surface area contributed by atoms with Crippen molar-refractivity contribution in [3.63, 3.8) is 0 Å². The lowest BCUT2D eigenvalue weighted by Gasteiger charge is -2.09. The minimum atomic E-state index is 0.0195. The molecule has 2 heterocycles. The van der Waals surface area contributed by atoms with E-state index in [4.69, 9.17) is 6.42 Å². The van der Waals surface area contributed by atoms with Crippen LogP contribution < -0.4 is 4.90 Å². The third-order valence-electron chi connectivity index (χ3n) is 2.51. The molecule has 1 atom stereocenters. The largest absolute Gasteiger partial charge is 0.285 e. The first-order valence-electron chi connectivity index (χ1n) is 5.33. The molecule has 0 aromatic carbocycles. The van der Waals surface area contributed by atoms with Crippen molar-refractivity contribution in [2.24, 2.45) is 5.92 Å². The van der Waals surface area contributed by atoms with E-state index in [9.17, 15) is 4.79 Å². The molecule has 0 spiro atoms. The third kappa shape index (κ3) is 2.07. The molecule has 4 nitrogen and oxygen atoms in total. The van der Waals surface area contributed by atoms with E-state index in [1.54, 1.807) is 4.90 Å². The number of nitrogens with zero attached hydrogens (tertiary/aromatic N) is 3. The topological polar surface area (TPSA) is 46.1 Å². The molecule has 0 N–H and O–H groups in total. The molecule has 0 radical (unpaired) electrons. The van der Waals surface area contributed by atoms with Gasteiger partial charge in [-0.2, -0.15) is 0 Å². The molecular weight excluding hydrogens is 222 g/mol. The number of carbonyl (C=O) groups excluding carboxylic acids is 1. The average molecular weight is 235 g/mol. The Bertz CT molecular complexity index is 435. The van der Waals surface area contributed by atoms with Crippen LogP contribution in [-0.4, -0.2) is 22.6 Å². The van der Waals surface area contributed by atoms with Crippen LogP contribution in [0.25, 0.3) is 0 Å². The molecule has 5 heteroatoms. The van der Waals surface area contributed by atoms with E-state index >= 15 is 0 Å². The maximum Gasteiger partial charge on any atom is 0.230 e. The molecule has 0 saturated carbocycles. The highest BCUT2D eigenvalue weighted by Gasteiger charge is 2.31. The molecule has 1 unspecified atom stereocenters. The Morgan fingerprint density at radius 1 is 1.62 bits per heavy atom. The molecule has 2 rings (SSSR count).